The van der Waals surface area contributed by atoms with Gasteiger partial charge in [-0.15, -0.1) is 0 Å². The molecule has 0 saturated heterocycles. The Morgan fingerprint density at radius 1 is 0.714 bits per heavy atom. The lowest BCUT2D eigenvalue weighted by molar-refractivity contribution is -0.0522. The fourth-order valence-corrected chi connectivity index (χ4v) is 4.11. The van der Waals surface area contributed by atoms with Gasteiger partial charge in [0.25, 0.3) is 0 Å². The van der Waals surface area contributed by atoms with Crippen LogP contribution in [0.2, 0.25) is 0 Å². The highest BCUT2D eigenvalue weighted by molar-refractivity contribution is 5.84. The Hall–Kier alpha value is -3.54. The summed E-state index contributed by atoms with van der Waals surface area (Å²) in [5.41, 5.74) is 3.43. The second kappa shape index (κ2) is 11.3. The van der Waals surface area contributed by atoms with E-state index in [1.54, 1.807) is 12.1 Å². The molecule has 0 heterocycles. The maximum Gasteiger partial charge on any atom is 0.387 e. The van der Waals surface area contributed by atoms with Gasteiger partial charge in [0.2, 0.25) is 0 Å². The third-order valence-electron chi connectivity index (χ3n) is 5.93. The van der Waals surface area contributed by atoms with Crippen molar-refractivity contribution in [3.63, 3.8) is 0 Å². The molecule has 0 spiro atoms. The molecule has 35 heavy (non-hydrogen) atoms. The number of rotatable bonds is 10. The van der Waals surface area contributed by atoms with Crippen molar-refractivity contribution in [1.29, 1.82) is 0 Å². The van der Waals surface area contributed by atoms with Crippen LogP contribution in [0.15, 0.2) is 72.8 Å². The molecule has 0 radical (unpaired) electrons. The van der Waals surface area contributed by atoms with Crippen molar-refractivity contribution in [2.45, 2.75) is 39.2 Å². The lowest BCUT2D eigenvalue weighted by Gasteiger charge is -2.10. The molecule has 2 nitrogen and oxygen atoms in total. The lowest BCUT2D eigenvalue weighted by Crippen LogP contribution is -2.04. The number of fused-ring (bicyclic) bond motifs is 1. The molecule has 6 heteroatoms. The van der Waals surface area contributed by atoms with Crippen molar-refractivity contribution in [3.05, 3.63) is 107 Å². The first-order valence-corrected chi connectivity index (χ1v) is 11.6. The Kier molecular flexibility index (Phi) is 7.91. The van der Waals surface area contributed by atoms with E-state index in [-0.39, 0.29) is 5.82 Å². The monoisotopic (exact) mass is 482 g/mol. The average molecular weight is 483 g/mol. The number of alkyl halides is 2. The topological polar surface area (TPSA) is 18.5 Å². The molecular formula is C29H26F4O2. The predicted molar refractivity (Wildman–Crippen MR) is 129 cm³/mol. The summed E-state index contributed by atoms with van der Waals surface area (Å²) in [7, 11) is 0. The van der Waals surface area contributed by atoms with Gasteiger partial charge in [0.05, 0.1) is 6.61 Å². The average Bonchev–Trinajstić information content (AvgIpc) is 2.85. The van der Waals surface area contributed by atoms with Crippen LogP contribution in [0, 0.1) is 11.6 Å². The van der Waals surface area contributed by atoms with Crippen LogP contribution < -0.4 is 9.47 Å². The van der Waals surface area contributed by atoms with Gasteiger partial charge in [0.15, 0.2) is 11.6 Å². The van der Waals surface area contributed by atoms with Crippen molar-refractivity contribution >= 4 is 10.8 Å². The Bertz CT molecular complexity index is 1290. The van der Waals surface area contributed by atoms with E-state index in [4.69, 9.17) is 4.74 Å². The number of aryl methyl sites for hydroxylation is 4. The van der Waals surface area contributed by atoms with Gasteiger partial charge in [0, 0.05) is 5.39 Å². The fraction of sp³-hybridized carbons (Fsp3) is 0.241. The van der Waals surface area contributed by atoms with Crippen LogP contribution in [0.4, 0.5) is 17.6 Å². The van der Waals surface area contributed by atoms with E-state index in [2.05, 4.69) is 16.9 Å². The molecule has 4 aromatic rings. The van der Waals surface area contributed by atoms with Gasteiger partial charge >= 0.3 is 6.61 Å². The second-order valence-corrected chi connectivity index (χ2v) is 8.31. The van der Waals surface area contributed by atoms with Crippen molar-refractivity contribution in [3.8, 4) is 11.5 Å². The Morgan fingerprint density at radius 3 is 2.09 bits per heavy atom. The van der Waals surface area contributed by atoms with Crippen LogP contribution in [-0.4, -0.2) is 13.2 Å². The SMILES string of the molecule is CCOc1ccc(CCc2ccc3c(F)c(CCc4ccc(OC(F)F)c(F)c4)ccc3c2)cc1. The highest BCUT2D eigenvalue weighted by Gasteiger charge is 2.12. The Balaban J connectivity index is 1.41. The zero-order chi connectivity index (χ0) is 24.8. The summed E-state index contributed by atoms with van der Waals surface area (Å²) in [5, 5.41) is 1.37. The van der Waals surface area contributed by atoms with E-state index >= 15 is 4.39 Å². The van der Waals surface area contributed by atoms with E-state index < -0.39 is 18.2 Å². The van der Waals surface area contributed by atoms with Gasteiger partial charge in [-0.3, -0.25) is 0 Å². The predicted octanol–water partition coefficient (Wildman–Crippen LogP) is 7.69. The number of halogens is 4. The van der Waals surface area contributed by atoms with Crippen LogP contribution in [-0.2, 0) is 25.7 Å². The normalized spacial score (nSPS) is 11.3. The van der Waals surface area contributed by atoms with Gasteiger partial charge in [-0.2, -0.15) is 8.78 Å². The summed E-state index contributed by atoms with van der Waals surface area (Å²) < 4.78 is 63.3. The van der Waals surface area contributed by atoms with E-state index in [1.807, 2.05) is 37.3 Å². The summed E-state index contributed by atoms with van der Waals surface area (Å²) in [6.45, 7) is -0.496. The molecule has 0 atom stereocenters. The number of hydrogen-bond donors (Lipinski definition) is 0. The highest BCUT2D eigenvalue weighted by atomic mass is 19.3. The largest absolute Gasteiger partial charge is 0.494 e. The van der Waals surface area contributed by atoms with Crippen LogP contribution >= 0.6 is 0 Å². The third-order valence-corrected chi connectivity index (χ3v) is 5.93. The van der Waals surface area contributed by atoms with Crippen molar-refractivity contribution in [2.75, 3.05) is 6.61 Å². The summed E-state index contributed by atoms with van der Waals surface area (Å²) in [6.07, 6.45) is 2.44. The van der Waals surface area contributed by atoms with Crippen LogP contribution in [0.5, 0.6) is 11.5 Å². The molecule has 0 aliphatic carbocycles. The van der Waals surface area contributed by atoms with Gasteiger partial charge in [-0.1, -0.05) is 48.5 Å². The molecule has 4 aromatic carbocycles. The summed E-state index contributed by atoms with van der Waals surface area (Å²) in [6, 6.07) is 21.3. The van der Waals surface area contributed by atoms with E-state index in [0.717, 1.165) is 35.6 Å². The maximum absolute atomic E-state index is 15.2. The molecule has 0 N–H and O–H groups in total. The minimum Gasteiger partial charge on any atom is -0.494 e. The highest BCUT2D eigenvalue weighted by Crippen LogP contribution is 2.26. The summed E-state index contributed by atoms with van der Waals surface area (Å²) >= 11 is 0. The van der Waals surface area contributed by atoms with Crippen molar-refractivity contribution in [1.82, 2.24) is 0 Å². The number of ether oxygens (including phenoxy) is 2. The first-order chi connectivity index (χ1) is 16.9. The molecule has 0 saturated carbocycles. The zero-order valence-corrected chi connectivity index (χ0v) is 19.4. The first kappa shape index (κ1) is 24.6. The quantitative estimate of drug-likeness (QED) is 0.216. The molecule has 0 aromatic heterocycles. The molecule has 4 rings (SSSR count). The van der Waals surface area contributed by atoms with Gasteiger partial charge in [-0.25, -0.2) is 8.78 Å². The molecule has 0 amide bonds. The zero-order valence-electron chi connectivity index (χ0n) is 19.4. The molecule has 0 unspecified atom stereocenters. The molecule has 0 aliphatic rings. The van der Waals surface area contributed by atoms with E-state index in [1.165, 1.54) is 17.7 Å². The Morgan fingerprint density at radius 2 is 1.37 bits per heavy atom. The minimum absolute atomic E-state index is 0.293. The fourth-order valence-electron chi connectivity index (χ4n) is 4.11. The molecule has 182 valence electrons. The minimum atomic E-state index is -3.09. The number of hydrogen-bond acceptors (Lipinski definition) is 2. The lowest BCUT2D eigenvalue weighted by atomic mass is 9.97. The molecule has 0 fully saturated rings. The van der Waals surface area contributed by atoms with Crippen LogP contribution in [0.3, 0.4) is 0 Å². The smallest absolute Gasteiger partial charge is 0.387 e. The van der Waals surface area contributed by atoms with E-state index in [9.17, 15) is 13.2 Å². The van der Waals surface area contributed by atoms with Crippen LogP contribution in [0.1, 0.15) is 29.2 Å². The molecule has 0 aliphatic heterocycles. The van der Waals surface area contributed by atoms with E-state index in [0.29, 0.717) is 36.0 Å². The second-order valence-electron chi connectivity index (χ2n) is 8.31. The molecular weight excluding hydrogens is 456 g/mol. The Labute approximate surface area is 202 Å². The van der Waals surface area contributed by atoms with Gasteiger partial charge in [-0.05, 0) is 84.5 Å². The summed E-state index contributed by atoms with van der Waals surface area (Å²) in [5.74, 6) is -0.798. The molecule has 0 bridgehead atoms. The number of benzene rings is 4. The van der Waals surface area contributed by atoms with Crippen LogP contribution in [0.25, 0.3) is 10.8 Å². The van der Waals surface area contributed by atoms with Gasteiger partial charge in [0.1, 0.15) is 11.6 Å². The first-order valence-electron chi connectivity index (χ1n) is 11.6. The van der Waals surface area contributed by atoms with Crippen molar-refractivity contribution in [2.24, 2.45) is 0 Å². The standard InChI is InChI=1S/C29H26F4O2/c1-2-34-24-13-6-19(7-14-24)3-4-20-8-15-25-23(17-20)12-11-22(28(25)31)10-5-21-9-16-27(26(30)18-21)35-29(32)33/h6-9,11-18,29H,2-5,10H2,1H3. The summed E-state index contributed by atoms with van der Waals surface area (Å²) in [4.78, 5) is 0. The third kappa shape index (κ3) is 6.32. The van der Waals surface area contributed by atoms with Gasteiger partial charge < -0.3 is 9.47 Å². The maximum atomic E-state index is 15.2. The van der Waals surface area contributed by atoms with Crippen molar-refractivity contribution < 1.29 is 27.0 Å².